The standard InChI is InChI=1S/C29H23F5N2OS2/c1-3-9-38-21-11-17(4-2)10-19(12-21)26-7-8-27(39-26)25-14-23(29(32,33)34)22(15-35)28(37)36(25)16-18-5-6-20(30)13-24(18)31/h5-8,10-14H,3-4,9,16H2,1-2H3. The highest BCUT2D eigenvalue weighted by atomic mass is 32.2. The number of benzene rings is 2. The summed E-state index contributed by atoms with van der Waals surface area (Å²) in [5, 5.41) is 9.41. The molecule has 0 aliphatic rings. The van der Waals surface area contributed by atoms with Gasteiger partial charge in [-0.15, -0.1) is 23.1 Å². The summed E-state index contributed by atoms with van der Waals surface area (Å²) in [6.45, 7) is 3.65. The lowest BCUT2D eigenvalue weighted by atomic mass is 10.1. The number of aromatic nitrogens is 1. The molecule has 0 saturated heterocycles. The van der Waals surface area contributed by atoms with Gasteiger partial charge in [-0.3, -0.25) is 4.79 Å². The van der Waals surface area contributed by atoms with E-state index >= 15 is 0 Å². The second kappa shape index (κ2) is 11.8. The lowest BCUT2D eigenvalue weighted by Crippen LogP contribution is -2.28. The van der Waals surface area contributed by atoms with E-state index in [0.29, 0.717) is 10.9 Å². The number of alkyl halides is 3. The molecule has 0 radical (unpaired) electrons. The molecule has 0 aliphatic heterocycles. The number of rotatable bonds is 8. The van der Waals surface area contributed by atoms with E-state index < -0.39 is 41.0 Å². The maximum Gasteiger partial charge on any atom is 0.417 e. The molecule has 0 amide bonds. The Morgan fingerprint density at radius 1 is 1.00 bits per heavy atom. The van der Waals surface area contributed by atoms with Gasteiger partial charge in [0.05, 0.1) is 22.7 Å². The fourth-order valence-corrected chi connectivity index (χ4v) is 6.00. The van der Waals surface area contributed by atoms with Crippen molar-refractivity contribution in [3.63, 3.8) is 0 Å². The van der Waals surface area contributed by atoms with Crippen molar-refractivity contribution in [1.29, 1.82) is 5.26 Å². The Hall–Kier alpha value is -3.42. The van der Waals surface area contributed by atoms with Crippen molar-refractivity contribution in [2.45, 2.75) is 44.3 Å². The first-order chi connectivity index (χ1) is 18.5. The van der Waals surface area contributed by atoms with Crippen LogP contribution < -0.4 is 5.56 Å². The molecular weight excluding hydrogens is 551 g/mol. The van der Waals surface area contributed by atoms with Crippen LogP contribution in [0.5, 0.6) is 0 Å². The second-order valence-electron chi connectivity index (χ2n) is 8.79. The van der Waals surface area contributed by atoms with Crippen molar-refractivity contribution >= 4 is 23.1 Å². The van der Waals surface area contributed by atoms with E-state index in [2.05, 4.69) is 13.0 Å². The predicted molar refractivity (Wildman–Crippen MR) is 145 cm³/mol. The molecule has 4 rings (SSSR count). The molecule has 2 aromatic heterocycles. The molecule has 39 heavy (non-hydrogen) atoms. The highest BCUT2D eigenvalue weighted by Gasteiger charge is 2.36. The lowest BCUT2D eigenvalue weighted by molar-refractivity contribution is -0.137. The van der Waals surface area contributed by atoms with Crippen LogP contribution in [0.2, 0.25) is 0 Å². The van der Waals surface area contributed by atoms with Gasteiger partial charge in [0.2, 0.25) is 0 Å². The Labute approximate surface area is 230 Å². The SMILES string of the molecule is CCCSc1cc(CC)cc(-c2ccc(-c3cc(C(F)(F)F)c(C#N)c(=O)n3Cc3ccc(F)cc3F)s2)c1. The van der Waals surface area contributed by atoms with Gasteiger partial charge in [0, 0.05) is 21.4 Å². The summed E-state index contributed by atoms with van der Waals surface area (Å²) in [6.07, 6.45) is -3.15. The summed E-state index contributed by atoms with van der Waals surface area (Å²) in [7, 11) is 0. The molecule has 4 aromatic rings. The van der Waals surface area contributed by atoms with Crippen LogP contribution in [0, 0.1) is 23.0 Å². The molecule has 0 bridgehead atoms. The quantitative estimate of drug-likeness (QED) is 0.157. The Balaban J connectivity index is 1.89. The van der Waals surface area contributed by atoms with Crippen LogP contribution in [0.1, 0.15) is 42.5 Å². The van der Waals surface area contributed by atoms with Gasteiger partial charge in [-0.1, -0.05) is 26.0 Å². The van der Waals surface area contributed by atoms with Gasteiger partial charge >= 0.3 is 6.18 Å². The third kappa shape index (κ3) is 6.26. The van der Waals surface area contributed by atoms with Crippen LogP contribution in [0.15, 0.2) is 64.3 Å². The number of thioether (sulfide) groups is 1. The summed E-state index contributed by atoms with van der Waals surface area (Å²) >= 11 is 2.91. The normalized spacial score (nSPS) is 11.5. The summed E-state index contributed by atoms with van der Waals surface area (Å²) in [6, 6.07) is 14.4. The van der Waals surface area contributed by atoms with Crippen molar-refractivity contribution in [2.75, 3.05) is 5.75 Å². The highest BCUT2D eigenvalue weighted by molar-refractivity contribution is 7.99. The largest absolute Gasteiger partial charge is 0.417 e. The van der Waals surface area contributed by atoms with Gasteiger partial charge in [-0.2, -0.15) is 18.4 Å². The summed E-state index contributed by atoms with van der Waals surface area (Å²) in [5.74, 6) is -0.839. The molecule has 2 heterocycles. The number of aryl methyl sites for hydroxylation is 1. The van der Waals surface area contributed by atoms with Gasteiger partial charge in [-0.25, -0.2) is 8.78 Å². The minimum absolute atomic E-state index is 0.103. The van der Waals surface area contributed by atoms with E-state index in [0.717, 1.165) is 62.3 Å². The number of halogens is 5. The van der Waals surface area contributed by atoms with Gasteiger partial charge in [0.15, 0.2) is 0 Å². The average molecular weight is 575 g/mol. The van der Waals surface area contributed by atoms with Gasteiger partial charge in [-0.05, 0) is 66.1 Å². The van der Waals surface area contributed by atoms with E-state index in [1.807, 2.05) is 19.1 Å². The van der Waals surface area contributed by atoms with Gasteiger partial charge in [0.1, 0.15) is 23.3 Å². The minimum atomic E-state index is -4.96. The Morgan fingerprint density at radius 3 is 2.38 bits per heavy atom. The fraction of sp³-hybridized carbons (Fsp3) is 0.241. The van der Waals surface area contributed by atoms with Crippen molar-refractivity contribution in [1.82, 2.24) is 4.57 Å². The Bertz CT molecular complexity index is 1620. The topological polar surface area (TPSA) is 45.8 Å². The number of thiophene rings is 1. The first-order valence-electron chi connectivity index (χ1n) is 12.1. The van der Waals surface area contributed by atoms with E-state index in [-0.39, 0.29) is 11.3 Å². The third-order valence-electron chi connectivity index (χ3n) is 6.05. The van der Waals surface area contributed by atoms with Crippen molar-refractivity contribution in [3.8, 4) is 27.1 Å². The molecule has 0 atom stereocenters. The molecule has 0 spiro atoms. The smallest absolute Gasteiger partial charge is 0.302 e. The van der Waals surface area contributed by atoms with Crippen molar-refractivity contribution in [2.24, 2.45) is 0 Å². The maximum absolute atomic E-state index is 14.5. The molecular formula is C29H23F5N2OS2. The molecule has 202 valence electrons. The van der Waals surface area contributed by atoms with Crippen LogP contribution in [-0.2, 0) is 19.1 Å². The minimum Gasteiger partial charge on any atom is -0.302 e. The van der Waals surface area contributed by atoms with Gasteiger partial charge < -0.3 is 4.57 Å². The number of hydrogen-bond acceptors (Lipinski definition) is 4. The molecule has 0 aliphatic carbocycles. The molecule has 0 N–H and O–H groups in total. The van der Waals surface area contributed by atoms with E-state index in [1.54, 1.807) is 23.9 Å². The third-order valence-corrected chi connectivity index (χ3v) is 8.39. The number of nitrogens with zero attached hydrogens (tertiary/aromatic N) is 2. The van der Waals surface area contributed by atoms with Crippen molar-refractivity contribution in [3.05, 3.63) is 98.8 Å². The monoisotopic (exact) mass is 574 g/mol. The molecule has 2 aromatic carbocycles. The van der Waals surface area contributed by atoms with Crippen LogP contribution in [0.4, 0.5) is 22.0 Å². The number of nitriles is 1. The molecule has 0 saturated carbocycles. The molecule has 0 fully saturated rings. The lowest BCUT2D eigenvalue weighted by Gasteiger charge is -2.17. The van der Waals surface area contributed by atoms with E-state index in [1.165, 1.54) is 17.4 Å². The number of hydrogen-bond donors (Lipinski definition) is 0. The van der Waals surface area contributed by atoms with Crippen LogP contribution in [0.3, 0.4) is 0 Å². The Kier molecular flexibility index (Phi) is 8.62. The number of pyridine rings is 1. The van der Waals surface area contributed by atoms with Gasteiger partial charge in [0.25, 0.3) is 5.56 Å². The first-order valence-corrected chi connectivity index (χ1v) is 13.9. The summed E-state index contributed by atoms with van der Waals surface area (Å²) in [4.78, 5) is 15.4. The first kappa shape index (κ1) is 28.6. The fourth-order valence-electron chi connectivity index (χ4n) is 4.10. The maximum atomic E-state index is 14.5. The second-order valence-corrected chi connectivity index (χ2v) is 11.0. The molecule has 0 unspecified atom stereocenters. The molecule has 3 nitrogen and oxygen atoms in total. The zero-order valence-corrected chi connectivity index (χ0v) is 22.7. The van der Waals surface area contributed by atoms with Crippen molar-refractivity contribution < 1.29 is 22.0 Å². The van der Waals surface area contributed by atoms with Crippen LogP contribution in [0.25, 0.3) is 21.0 Å². The van der Waals surface area contributed by atoms with Crippen LogP contribution >= 0.6 is 23.1 Å². The Morgan fingerprint density at radius 2 is 1.74 bits per heavy atom. The predicted octanol–water partition coefficient (Wildman–Crippen LogP) is 8.53. The zero-order chi connectivity index (χ0) is 28.3. The average Bonchev–Trinajstić information content (AvgIpc) is 3.39. The molecule has 10 heteroatoms. The van der Waals surface area contributed by atoms with E-state index in [4.69, 9.17) is 0 Å². The zero-order valence-electron chi connectivity index (χ0n) is 21.0. The van der Waals surface area contributed by atoms with Crippen LogP contribution in [-0.4, -0.2) is 10.3 Å². The summed E-state index contributed by atoms with van der Waals surface area (Å²) in [5.41, 5.74) is -1.85. The summed E-state index contributed by atoms with van der Waals surface area (Å²) < 4.78 is 70.5. The van der Waals surface area contributed by atoms with E-state index in [9.17, 15) is 32.0 Å². The highest BCUT2D eigenvalue weighted by Crippen LogP contribution is 2.39.